The van der Waals surface area contributed by atoms with Crippen molar-refractivity contribution in [3.63, 3.8) is 0 Å². The summed E-state index contributed by atoms with van der Waals surface area (Å²) in [6, 6.07) is 3.81. The molecule has 0 saturated heterocycles. The highest BCUT2D eigenvalue weighted by atomic mass is 32.2. The third-order valence-corrected chi connectivity index (χ3v) is 3.13. The number of aliphatic hydroxyl groups is 1. The lowest BCUT2D eigenvalue weighted by molar-refractivity contribution is 0.285. The summed E-state index contributed by atoms with van der Waals surface area (Å²) in [5.74, 6) is 0. The van der Waals surface area contributed by atoms with Crippen molar-refractivity contribution in [2.75, 3.05) is 6.61 Å². The quantitative estimate of drug-likeness (QED) is 0.705. The van der Waals surface area contributed by atoms with Crippen LogP contribution < -0.4 is 5.73 Å². The molecule has 0 radical (unpaired) electrons. The molecule has 0 amide bonds. The molecule has 72 valence electrons. The summed E-state index contributed by atoms with van der Waals surface area (Å²) in [7, 11) is 0. The Morgan fingerprint density at radius 2 is 2.15 bits per heavy atom. The molecule has 0 fully saturated rings. The summed E-state index contributed by atoms with van der Waals surface area (Å²) < 4.78 is 0. The Morgan fingerprint density at radius 3 is 2.62 bits per heavy atom. The van der Waals surface area contributed by atoms with Gasteiger partial charge in [-0.3, -0.25) is 4.98 Å². The molecule has 1 aromatic rings. The molecule has 0 aromatic carbocycles. The van der Waals surface area contributed by atoms with E-state index in [-0.39, 0.29) is 17.9 Å². The van der Waals surface area contributed by atoms with Crippen LogP contribution in [0.5, 0.6) is 0 Å². The molecular weight excluding hydrogens is 184 g/mol. The van der Waals surface area contributed by atoms with E-state index in [1.54, 1.807) is 24.2 Å². The summed E-state index contributed by atoms with van der Waals surface area (Å²) in [6.45, 7) is 2.00. The van der Waals surface area contributed by atoms with E-state index in [0.29, 0.717) is 0 Å². The van der Waals surface area contributed by atoms with E-state index in [0.717, 1.165) is 4.90 Å². The van der Waals surface area contributed by atoms with Gasteiger partial charge in [-0.15, -0.1) is 11.8 Å². The summed E-state index contributed by atoms with van der Waals surface area (Å²) in [5, 5.41) is 9.10. The second-order valence-electron chi connectivity index (χ2n) is 2.88. The fourth-order valence-electron chi connectivity index (χ4n) is 0.902. The van der Waals surface area contributed by atoms with Crippen LogP contribution in [0.3, 0.4) is 0 Å². The van der Waals surface area contributed by atoms with Crippen molar-refractivity contribution in [3.8, 4) is 0 Å². The average Bonchev–Trinajstić information content (AvgIpc) is 2.15. The zero-order valence-corrected chi connectivity index (χ0v) is 8.37. The van der Waals surface area contributed by atoms with Crippen LogP contribution in [0, 0.1) is 0 Å². The maximum Gasteiger partial charge on any atom is 0.0568 e. The third kappa shape index (κ3) is 3.34. The Balaban J connectivity index is 2.57. The number of aliphatic hydroxyl groups excluding tert-OH is 1. The number of pyridine rings is 1. The lowest BCUT2D eigenvalue weighted by Crippen LogP contribution is -2.31. The van der Waals surface area contributed by atoms with Crippen LogP contribution in [-0.4, -0.2) is 28.0 Å². The molecule has 4 heteroatoms. The van der Waals surface area contributed by atoms with Crippen molar-refractivity contribution in [3.05, 3.63) is 24.5 Å². The van der Waals surface area contributed by atoms with E-state index in [4.69, 9.17) is 10.8 Å². The molecule has 0 aliphatic heterocycles. The number of aromatic nitrogens is 1. The van der Waals surface area contributed by atoms with Gasteiger partial charge in [-0.1, -0.05) is 0 Å². The molecule has 1 rings (SSSR count). The van der Waals surface area contributed by atoms with Gasteiger partial charge in [0.1, 0.15) is 0 Å². The van der Waals surface area contributed by atoms with Gasteiger partial charge in [0.15, 0.2) is 0 Å². The fraction of sp³-hybridized carbons (Fsp3) is 0.444. The van der Waals surface area contributed by atoms with Crippen LogP contribution in [0.15, 0.2) is 29.4 Å². The van der Waals surface area contributed by atoms with E-state index in [1.165, 1.54) is 0 Å². The minimum absolute atomic E-state index is 0.0110. The number of nitrogens with zero attached hydrogens (tertiary/aromatic N) is 1. The first-order valence-electron chi connectivity index (χ1n) is 4.17. The Bertz CT molecular complexity index is 241. The Kier molecular flexibility index (Phi) is 4.21. The first-order valence-corrected chi connectivity index (χ1v) is 5.05. The number of hydrogen-bond acceptors (Lipinski definition) is 4. The van der Waals surface area contributed by atoms with Gasteiger partial charge >= 0.3 is 0 Å². The van der Waals surface area contributed by atoms with E-state index >= 15 is 0 Å². The Morgan fingerprint density at radius 1 is 1.54 bits per heavy atom. The topological polar surface area (TPSA) is 59.1 Å². The summed E-state index contributed by atoms with van der Waals surface area (Å²) in [6.07, 6.45) is 3.47. The molecule has 0 bridgehead atoms. The van der Waals surface area contributed by atoms with Crippen molar-refractivity contribution in [1.82, 2.24) is 4.98 Å². The molecule has 13 heavy (non-hydrogen) atoms. The van der Waals surface area contributed by atoms with Crippen LogP contribution in [0.1, 0.15) is 6.92 Å². The first-order chi connectivity index (χ1) is 6.24. The molecule has 0 aliphatic rings. The monoisotopic (exact) mass is 198 g/mol. The highest BCUT2D eigenvalue weighted by molar-refractivity contribution is 8.00. The molecule has 2 unspecified atom stereocenters. The number of rotatable bonds is 4. The Hall–Kier alpha value is -0.580. The van der Waals surface area contributed by atoms with Crippen molar-refractivity contribution < 1.29 is 5.11 Å². The van der Waals surface area contributed by atoms with Gasteiger partial charge in [0, 0.05) is 28.6 Å². The van der Waals surface area contributed by atoms with E-state index in [1.807, 2.05) is 19.1 Å². The number of thioether (sulfide) groups is 1. The smallest absolute Gasteiger partial charge is 0.0568 e. The molecular formula is C9H14N2OS. The lowest BCUT2D eigenvalue weighted by Gasteiger charge is -2.17. The van der Waals surface area contributed by atoms with Crippen molar-refractivity contribution in [1.29, 1.82) is 0 Å². The average molecular weight is 198 g/mol. The zero-order chi connectivity index (χ0) is 9.68. The van der Waals surface area contributed by atoms with E-state index < -0.39 is 0 Å². The van der Waals surface area contributed by atoms with E-state index in [9.17, 15) is 0 Å². The fourth-order valence-corrected chi connectivity index (χ4v) is 1.82. The van der Waals surface area contributed by atoms with Gasteiger partial charge in [0.25, 0.3) is 0 Å². The molecule has 3 nitrogen and oxygen atoms in total. The Labute approximate surface area is 82.4 Å². The predicted octanol–water partition coefficient (Wildman–Crippen LogP) is 0.882. The summed E-state index contributed by atoms with van der Waals surface area (Å²) >= 11 is 1.58. The van der Waals surface area contributed by atoms with Crippen molar-refractivity contribution >= 4 is 11.8 Å². The lowest BCUT2D eigenvalue weighted by atomic mass is 10.3. The standard InChI is InChI=1S/C9H14N2OS/c1-7(10)9(6-12)13-8-2-4-11-5-3-8/h2-5,7,9,12H,6,10H2,1H3. The van der Waals surface area contributed by atoms with Gasteiger partial charge in [-0.05, 0) is 19.1 Å². The zero-order valence-electron chi connectivity index (χ0n) is 7.55. The van der Waals surface area contributed by atoms with Gasteiger partial charge in [0.2, 0.25) is 0 Å². The normalized spacial score (nSPS) is 15.3. The van der Waals surface area contributed by atoms with Gasteiger partial charge < -0.3 is 10.8 Å². The van der Waals surface area contributed by atoms with Crippen LogP contribution in [0.25, 0.3) is 0 Å². The minimum atomic E-state index is -0.0110. The molecule has 0 spiro atoms. The second-order valence-corrected chi connectivity index (χ2v) is 4.19. The SMILES string of the molecule is CC(N)C(CO)Sc1ccncc1. The van der Waals surface area contributed by atoms with Crippen LogP contribution in [-0.2, 0) is 0 Å². The van der Waals surface area contributed by atoms with Crippen LogP contribution in [0.2, 0.25) is 0 Å². The second kappa shape index (κ2) is 5.21. The van der Waals surface area contributed by atoms with Crippen LogP contribution >= 0.6 is 11.8 Å². The molecule has 0 aliphatic carbocycles. The molecule has 1 aromatic heterocycles. The third-order valence-electron chi connectivity index (χ3n) is 1.70. The molecule has 0 saturated carbocycles. The maximum atomic E-state index is 9.04. The maximum absolute atomic E-state index is 9.04. The molecule has 2 atom stereocenters. The molecule has 3 N–H and O–H groups in total. The highest BCUT2D eigenvalue weighted by Gasteiger charge is 2.13. The minimum Gasteiger partial charge on any atom is -0.395 e. The van der Waals surface area contributed by atoms with Crippen molar-refractivity contribution in [2.45, 2.75) is 23.1 Å². The van der Waals surface area contributed by atoms with Crippen LogP contribution in [0.4, 0.5) is 0 Å². The summed E-state index contributed by atoms with van der Waals surface area (Å²) in [5.41, 5.74) is 5.70. The van der Waals surface area contributed by atoms with Gasteiger partial charge in [-0.2, -0.15) is 0 Å². The van der Waals surface area contributed by atoms with Gasteiger partial charge in [-0.25, -0.2) is 0 Å². The predicted molar refractivity (Wildman–Crippen MR) is 54.6 cm³/mol. The van der Waals surface area contributed by atoms with E-state index in [2.05, 4.69) is 4.98 Å². The summed E-state index contributed by atoms with van der Waals surface area (Å²) in [4.78, 5) is 5.01. The number of hydrogen-bond donors (Lipinski definition) is 2. The first kappa shape index (κ1) is 10.5. The van der Waals surface area contributed by atoms with Crippen molar-refractivity contribution in [2.24, 2.45) is 5.73 Å². The number of nitrogens with two attached hydrogens (primary N) is 1. The molecule has 1 heterocycles. The largest absolute Gasteiger partial charge is 0.395 e. The van der Waals surface area contributed by atoms with Gasteiger partial charge in [0.05, 0.1) is 6.61 Å². The highest BCUT2D eigenvalue weighted by Crippen LogP contribution is 2.23.